The molecule has 6 heteroatoms. The Morgan fingerprint density at radius 3 is 2.86 bits per heavy atom. The molecule has 2 unspecified atom stereocenters. The van der Waals surface area contributed by atoms with Crippen molar-refractivity contribution in [3.05, 3.63) is 57.5 Å². The lowest BCUT2D eigenvalue weighted by molar-refractivity contribution is 0.0954. The van der Waals surface area contributed by atoms with Crippen LogP contribution >= 0.6 is 11.6 Å². The maximum Gasteiger partial charge on any atom is 0.287 e. The highest BCUT2D eigenvalue weighted by Crippen LogP contribution is 2.31. The van der Waals surface area contributed by atoms with Crippen molar-refractivity contribution in [2.75, 3.05) is 11.9 Å². The van der Waals surface area contributed by atoms with Gasteiger partial charge < -0.3 is 10.1 Å². The van der Waals surface area contributed by atoms with Crippen LogP contribution in [0.5, 0.6) is 0 Å². The van der Waals surface area contributed by atoms with Gasteiger partial charge in [-0.25, -0.2) is 4.68 Å². The van der Waals surface area contributed by atoms with Crippen molar-refractivity contribution >= 4 is 17.3 Å². The van der Waals surface area contributed by atoms with E-state index < -0.39 is 0 Å². The molecule has 0 saturated carbocycles. The van der Waals surface area contributed by atoms with Gasteiger partial charge in [0.2, 0.25) is 0 Å². The average Bonchev–Trinajstić information content (AvgIpc) is 3.07. The predicted octanol–water partition coefficient (Wildman–Crippen LogP) is 2.77. The number of halogens is 1. The van der Waals surface area contributed by atoms with Crippen molar-refractivity contribution in [3.63, 3.8) is 0 Å². The van der Waals surface area contributed by atoms with Crippen LogP contribution in [0.1, 0.15) is 24.4 Å². The van der Waals surface area contributed by atoms with Gasteiger partial charge in [0.25, 0.3) is 5.56 Å². The Hall–Kier alpha value is -1.85. The minimum absolute atomic E-state index is 0.0579. The van der Waals surface area contributed by atoms with Gasteiger partial charge in [0.15, 0.2) is 0 Å². The minimum Gasteiger partial charge on any atom is -0.376 e. The van der Waals surface area contributed by atoms with E-state index in [-0.39, 0.29) is 22.7 Å². The number of rotatable bonds is 4. The third kappa shape index (κ3) is 3.00. The van der Waals surface area contributed by atoms with Crippen molar-refractivity contribution in [3.8, 4) is 0 Å². The zero-order valence-electron chi connectivity index (χ0n) is 12.3. The minimum atomic E-state index is -0.314. The Bertz CT molecular complexity index is 696. The molecule has 0 spiro atoms. The second-order valence-electron chi connectivity index (χ2n) is 5.39. The van der Waals surface area contributed by atoms with Crippen molar-refractivity contribution in [2.24, 2.45) is 7.05 Å². The van der Waals surface area contributed by atoms with Gasteiger partial charge in [0.1, 0.15) is 5.02 Å². The van der Waals surface area contributed by atoms with Crippen LogP contribution in [0, 0.1) is 0 Å². The molecule has 1 aliphatic heterocycles. The molecular formula is C16H18ClN3O2. The fraction of sp³-hybridized carbons (Fsp3) is 0.375. The van der Waals surface area contributed by atoms with E-state index in [0.717, 1.165) is 25.0 Å². The third-order valence-electron chi connectivity index (χ3n) is 3.88. The number of nitrogens with zero attached hydrogens (tertiary/aromatic N) is 2. The molecule has 1 saturated heterocycles. The fourth-order valence-corrected chi connectivity index (χ4v) is 2.92. The van der Waals surface area contributed by atoms with E-state index in [0.29, 0.717) is 5.69 Å². The van der Waals surface area contributed by atoms with E-state index in [9.17, 15) is 4.79 Å². The van der Waals surface area contributed by atoms with Crippen LogP contribution in [-0.2, 0) is 11.8 Å². The van der Waals surface area contributed by atoms with Gasteiger partial charge in [-0.05, 0) is 18.4 Å². The molecule has 2 heterocycles. The molecule has 1 aromatic carbocycles. The monoisotopic (exact) mass is 319 g/mol. The van der Waals surface area contributed by atoms with Crippen LogP contribution in [0.2, 0.25) is 5.02 Å². The van der Waals surface area contributed by atoms with Gasteiger partial charge in [-0.1, -0.05) is 41.9 Å². The fourth-order valence-electron chi connectivity index (χ4n) is 2.70. The normalized spacial score (nSPS) is 19.1. The van der Waals surface area contributed by atoms with Crippen LogP contribution in [0.4, 0.5) is 5.69 Å². The zero-order chi connectivity index (χ0) is 15.5. The number of ether oxygens (including phenoxy) is 1. The van der Waals surface area contributed by atoms with E-state index >= 15 is 0 Å². The highest BCUT2D eigenvalue weighted by Gasteiger charge is 2.28. The first kappa shape index (κ1) is 15.1. The molecular weight excluding hydrogens is 302 g/mol. The van der Waals surface area contributed by atoms with Crippen LogP contribution in [-0.4, -0.2) is 22.5 Å². The van der Waals surface area contributed by atoms with Crippen molar-refractivity contribution in [2.45, 2.75) is 25.0 Å². The standard InChI is InChI=1S/C16H18ClN3O2/c1-20-16(21)14(17)12(10-18-20)19-15(13-8-5-9-22-13)11-6-3-2-4-7-11/h2-4,6-7,10,13,15,19H,5,8-9H2,1H3. The molecule has 1 N–H and O–H groups in total. The third-order valence-corrected chi connectivity index (χ3v) is 4.25. The molecule has 0 amide bonds. The summed E-state index contributed by atoms with van der Waals surface area (Å²) in [6.07, 6.45) is 3.65. The Balaban J connectivity index is 1.94. The van der Waals surface area contributed by atoms with Gasteiger partial charge >= 0.3 is 0 Å². The van der Waals surface area contributed by atoms with Crippen LogP contribution in [0.3, 0.4) is 0 Å². The first-order valence-corrected chi connectivity index (χ1v) is 7.69. The first-order valence-electron chi connectivity index (χ1n) is 7.31. The number of nitrogens with one attached hydrogen (secondary N) is 1. The molecule has 2 aromatic rings. The number of benzene rings is 1. The highest BCUT2D eigenvalue weighted by atomic mass is 35.5. The topological polar surface area (TPSA) is 56.1 Å². The molecule has 0 bridgehead atoms. The Kier molecular flexibility index (Phi) is 4.45. The lowest BCUT2D eigenvalue weighted by atomic mass is 9.99. The molecule has 1 aromatic heterocycles. The van der Waals surface area contributed by atoms with Crippen LogP contribution in [0.25, 0.3) is 0 Å². The van der Waals surface area contributed by atoms with E-state index in [1.165, 1.54) is 4.68 Å². The maximum absolute atomic E-state index is 11.9. The number of hydrogen-bond donors (Lipinski definition) is 1. The van der Waals surface area contributed by atoms with Gasteiger partial charge in [0.05, 0.1) is 24.0 Å². The van der Waals surface area contributed by atoms with Crippen molar-refractivity contribution in [1.82, 2.24) is 9.78 Å². The largest absolute Gasteiger partial charge is 0.376 e. The van der Waals surface area contributed by atoms with Crippen molar-refractivity contribution in [1.29, 1.82) is 0 Å². The smallest absolute Gasteiger partial charge is 0.287 e. The van der Waals surface area contributed by atoms with Gasteiger partial charge in [0, 0.05) is 13.7 Å². The summed E-state index contributed by atoms with van der Waals surface area (Å²) in [4.78, 5) is 11.9. The molecule has 0 radical (unpaired) electrons. The molecule has 0 aliphatic carbocycles. The van der Waals surface area contributed by atoms with E-state index in [1.807, 2.05) is 30.3 Å². The lowest BCUT2D eigenvalue weighted by Crippen LogP contribution is -2.27. The molecule has 116 valence electrons. The van der Waals surface area contributed by atoms with Gasteiger partial charge in [-0.15, -0.1) is 0 Å². The Morgan fingerprint density at radius 2 is 2.18 bits per heavy atom. The summed E-state index contributed by atoms with van der Waals surface area (Å²) in [6, 6.07) is 9.98. The number of aromatic nitrogens is 2. The number of aryl methyl sites for hydroxylation is 1. The second-order valence-corrected chi connectivity index (χ2v) is 5.76. The maximum atomic E-state index is 11.9. The van der Waals surface area contributed by atoms with Gasteiger partial charge in [-0.3, -0.25) is 4.79 Å². The summed E-state index contributed by atoms with van der Waals surface area (Å²) in [7, 11) is 1.58. The summed E-state index contributed by atoms with van der Waals surface area (Å²) in [5, 5.41) is 7.52. The first-order chi connectivity index (χ1) is 10.7. The predicted molar refractivity (Wildman–Crippen MR) is 86.3 cm³/mol. The summed E-state index contributed by atoms with van der Waals surface area (Å²) in [6.45, 7) is 0.762. The second kappa shape index (κ2) is 6.50. The zero-order valence-corrected chi connectivity index (χ0v) is 13.1. The number of anilines is 1. The summed E-state index contributed by atoms with van der Waals surface area (Å²) in [5.74, 6) is 0. The quantitative estimate of drug-likeness (QED) is 0.941. The average molecular weight is 320 g/mol. The van der Waals surface area contributed by atoms with Gasteiger partial charge in [-0.2, -0.15) is 5.10 Å². The van der Waals surface area contributed by atoms with E-state index in [2.05, 4.69) is 10.4 Å². The molecule has 2 atom stereocenters. The summed E-state index contributed by atoms with van der Waals surface area (Å²) in [5.41, 5.74) is 1.33. The Morgan fingerprint density at radius 1 is 1.41 bits per heavy atom. The molecule has 3 rings (SSSR count). The Labute approximate surface area is 133 Å². The van der Waals surface area contributed by atoms with Crippen LogP contribution in [0.15, 0.2) is 41.3 Å². The SMILES string of the molecule is Cn1ncc(NC(c2ccccc2)C2CCCO2)c(Cl)c1=O. The van der Waals surface area contributed by atoms with Crippen LogP contribution < -0.4 is 10.9 Å². The highest BCUT2D eigenvalue weighted by molar-refractivity contribution is 6.32. The van der Waals surface area contributed by atoms with Crippen molar-refractivity contribution < 1.29 is 4.74 Å². The van der Waals surface area contributed by atoms with E-state index in [4.69, 9.17) is 16.3 Å². The summed E-state index contributed by atoms with van der Waals surface area (Å²) < 4.78 is 7.05. The molecule has 22 heavy (non-hydrogen) atoms. The molecule has 5 nitrogen and oxygen atoms in total. The lowest BCUT2D eigenvalue weighted by Gasteiger charge is -2.26. The number of hydrogen-bond acceptors (Lipinski definition) is 4. The molecule has 1 aliphatic rings. The van der Waals surface area contributed by atoms with E-state index in [1.54, 1.807) is 13.2 Å². The molecule has 1 fully saturated rings. The summed E-state index contributed by atoms with van der Waals surface area (Å²) >= 11 is 6.16.